The lowest BCUT2D eigenvalue weighted by Crippen LogP contribution is -2.45. The van der Waals surface area contributed by atoms with E-state index in [0.717, 1.165) is 0 Å². The average Bonchev–Trinajstić information content (AvgIpc) is 2.39. The Labute approximate surface area is 123 Å². The molecule has 0 spiro atoms. The van der Waals surface area contributed by atoms with Crippen LogP contribution in [-0.2, 0) is 4.79 Å². The SMILES string of the molecule is CC(=O)[C@@H]1C[C@@]2(Cl)C(Cl)=C(Cl)[C@@]1(Cl)C2(Cl)Cl. The van der Waals surface area contributed by atoms with Gasteiger partial charge in [0.1, 0.15) is 15.5 Å². The van der Waals surface area contributed by atoms with E-state index in [-0.39, 0.29) is 22.3 Å². The zero-order valence-corrected chi connectivity index (χ0v) is 12.5. The van der Waals surface area contributed by atoms with Crippen molar-refractivity contribution in [1.29, 1.82) is 0 Å². The zero-order valence-electron chi connectivity index (χ0n) is 7.96. The molecule has 0 amide bonds. The lowest BCUT2D eigenvalue weighted by molar-refractivity contribution is -0.121. The Morgan fingerprint density at radius 1 is 1.19 bits per heavy atom. The third kappa shape index (κ3) is 1.21. The van der Waals surface area contributed by atoms with Crippen LogP contribution in [0, 0.1) is 5.92 Å². The topological polar surface area (TPSA) is 17.1 Å². The van der Waals surface area contributed by atoms with Crippen LogP contribution in [0.4, 0.5) is 0 Å². The summed E-state index contributed by atoms with van der Waals surface area (Å²) in [5, 5.41) is 0.204. The van der Waals surface area contributed by atoms with E-state index in [4.69, 9.17) is 69.6 Å². The Morgan fingerprint density at radius 2 is 1.69 bits per heavy atom. The van der Waals surface area contributed by atoms with Crippen molar-refractivity contribution in [3.63, 3.8) is 0 Å². The first kappa shape index (κ1) is 13.6. The summed E-state index contributed by atoms with van der Waals surface area (Å²) < 4.78 is -1.59. The molecule has 1 fully saturated rings. The highest BCUT2D eigenvalue weighted by Crippen LogP contribution is 2.74. The van der Waals surface area contributed by atoms with Gasteiger partial charge in [0, 0.05) is 5.92 Å². The summed E-state index contributed by atoms with van der Waals surface area (Å²) in [6.45, 7) is 1.40. The zero-order chi connectivity index (χ0) is 12.5. The Hall–Kier alpha value is 1.15. The highest BCUT2D eigenvalue weighted by Gasteiger charge is 2.79. The molecule has 2 aliphatic rings. The van der Waals surface area contributed by atoms with Gasteiger partial charge in [0.05, 0.1) is 10.1 Å². The number of allylic oxidation sites excluding steroid dienone is 2. The van der Waals surface area contributed by atoms with Crippen LogP contribution in [-0.4, -0.2) is 19.9 Å². The van der Waals surface area contributed by atoms with E-state index in [1.807, 2.05) is 0 Å². The number of rotatable bonds is 1. The second-order valence-corrected chi connectivity index (χ2v) is 7.41. The van der Waals surface area contributed by atoms with E-state index < -0.39 is 20.0 Å². The number of hydrogen-bond acceptors (Lipinski definition) is 1. The maximum Gasteiger partial charge on any atom is 0.167 e. The minimum Gasteiger partial charge on any atom is -0.300 e. The molecule has 2 rings (SSSR count). The van der Waals surface area contributed by atoms with Gasteiger partial charge in [0.25, 0.3) is 0 Å². The van der Waals surface area contributed by atoms with Crippen LogP contribution in [0.15, 0.2) is 10.1 Å². The standard InChI is InChI=1S/C9H6Cl6O/c1-3(16)4-2-7(12)5(10)6(11)8(4,13)9(7,14)15/h4H,2H2,1H3/t4-,7+,8+/m0/s1. The Bertz CT molecular complexity index is 416. The second-order valence-electron chi connectivity index (χ2n) is 4.08. The molecule has 7 heteroatoms. The van der Waals surface area contributed by atoms with Gasteiger partial charge in [-0.2, -0.15) is 0 Å². The fourth-order valence-corrected chi connectivity index (χ4v) is 5.15. The fourth-order valence-electron chi connectivity index (χ4n) is 2.33. The summed E-state index contributed by atoms with van der Waals surface area (Å²) in [5.74, 6) is -0.790. The number of Topliss-reactive ketones (excluding diaryl/α,β-unsaturated/α-hetero) is 1. The molecule has 0 N–H and O–H groups in total. The molecule has 1 saturated carbocycles. The quantitative estimate of drug-likeness (QED) is 0.644. The molecule has 0 aliphatic heterocycles. The van der Waals surface area contributed by atoms with Crippen LogP contribution < -0.4 is 0 Å². The van der Waals surface area contributed by atoms with Gasteiger partial charge < -0.3 is 0 Å². The Morgan fingerprint density at radius 3 is 2.00 bits per heavy atom. The smallest absolute Gasteiger partial charge is 0.167 e. The van der Waals surface area contributed by atoms with Crippen LogP contribution in [0.3, 0.4) is 0 Å². The van der Waals surface area contributed by atoms with Crippen molar-refractivity contribution >= 4 is 75.4 Å². The second kappa shape index (κ2) is 3.59. The van der Waals surface area contributed by atoms with E-state index in [1.54, 1.807) is 0 Å². The Kier molecular flexibility index (Phi) is 3.04. The molecule has 1 nitrogen and oxygen atoms in total. The fraction of sp³-hybridized carbons (Fsp3) is 0.667. The number of carbonyl (C=O) groups is 1. The molecule has 3 atom stereocenters. The predicted octanol–water partition coefficient (Wildman–Crippen LogP) is 4.43. The predicted molar refractivity (Wildman–Crippen MR) is 69.1 cm³/mol. The number of carbonyl (C=O) groups excluding carboxylic acids is 1. The van der Waals surface area contributed by atoms with Crippen LogP contribution in [0.5, 0.6) is 0 Å². The maximum atomic E-state index is 11.5. The molecule has 0 aromatic carbocycles. The maximum absolute atomic E-state index is 11.5. The number of alkyl halides is 4. The van der Waals surface area contributed by atoms with Crippen molar-refractivity contribution in [3.8, 4) is 0 Å². The van der Waals surface area contributed by atoms with Crippen molar-refractivity contribution in [2.75, 3.05) is 0 Å². The number of fused-ring (bicyclic) bond motifs is 2. The van der Waals surface area contributed by atoms with Crippen LogP contribution in [0.25, 0.3) is 0 Å². The van der Waals surface area contributed by atoms with E-state index in [0.29, 0.717) is 0 Å². The van der Waals surface area contributed by atoms with Crippen molar-refractivity contribution in [3.05, 3.63) is 10.1 Å². The molecule has 2 aliphatic carbocycles. The van der Waals surface area contributed by atoms with Crippen molar-refractivity contribution < 1.29 is 4.79 Å². The van der Waals surface area contributed by atoms with E-state index >= 15 is 0 Å². The molecule has 0 aromatic heterocycles. The highest BCUT2D eigenvalue weighted by atomic mass is 35.5. The van der Waals surface area contributed by atoms with Gasteiger partial charge in [-0.15, -0.1) is 23.2 Å². The molecular formula is C9H6Cl6O. The van der Waals surface area contributed by atoms with Crippen LogP contribution >= 0.6 is 69.6 Å². The highest BCUT2D eigenvalue weighted by molar-refractivity contribution is 6.66. The van der Waals surface area contributed by atoms with Crippen molar-refractivity contribution in [1.82, 2.24) is 0 Å². The molecule has 0 unspecified atom stereocenters. The van der Waals surface area contributed by atoms with E-state index in [2.05, 4.69) is 0 Å². The van der Waals surface area contributed by atoms with Gasteiger partial charge in [-0.3, -0.25) is 4.79 Å². The minimum atomic E-state index is -1.59. The summed E-state index contributed by atoms with van der Waals surface area (Å²) in [5.41, 5.74) is 0. The van der Waals surface area contributed by atoms with Gasteiger partial charge in [-0.1, -0.05) is 46.4 Å². The van der Waals surface area contributed by atoms with E-state index in [1.165, 1.54) is 6.92 Å². The average molecular weight is 343 g/mol. The summed E-state index contributed by atoms with van der Waals surface area (Å²) in [6.07, 6.45) is 0.190. The molecule has 90 valence electrons. The third-order valence-corrected chi connectivity index (χ3v) is 7.55. The third-order valence-electron chi connectivity index (χ3n) is 3.27. The van der Waals surface area contributed by atoms with Gasteiger partial charge in [0.15, 0.2) is 4.33 Å². The number of halogens is 6. The Balaban J connectivity index is 2.69. The van der Waals surface area contributed by atoms with Crippen molar-refractivity contribution in [2.24, 2.45) is 5.92 Å². The first-order chi connectivity index (χ1) is 7.10. The molecule has 16 heavy (non-hydrogen) atoms. The number of hydrogen-bond donors (Lipinski definition) is 0. The first-order valence-electron chi connectivity index (χ1n) is 4.43. The number of ketones is 1. The molecule has 0 radical (unpaired) electrons. The minimum absolute atomic E-state index is 0.0716. The molecule has 0 saturated heterocycles. The normalized spacial score (nSPS) is 45.3. The van der Waals surface area contributed by atoms with Gasteiger partial charge in [0.2, 0.25) is 0 Å². The lowest BCUT2D eigenvalue weighted by Gasteiger charge is -2.32. The monoisotopic (exact) mass is 340 g/mol. The van der Waals surface area contributed by atoms with Crippen molar-refractivity contribution in [2.45, 2.75) is 27.4 Å². The summed E-state index contributed by atoms with van der Waals surface area (Å²) in [7, 11) is 0. The molecule has 0 aromatic rings. The van der Waals surface area contributed by atoms with Gasteiger partial charge in [-0.25, -0.2) is 0 Å². The lowest BCUT2D eigenvalue weighted by atomic mass is 9.89. The summed E-state index contributed by atoms with van der Waals surface area (Å²) in [6, 6.07) is 0. The van der Waals surface area contributed by atoms with Gasteiger partial charge in [-0.05, 0) is 13.3 Å². The first-order valence-corrected chi connectivity index (χ1v) is 6.69. The van der Waals surface area contributed by atoms with Crippen LogP contribution in [0.2, 0.25) is 0 Å². The summed E-state index contributed by atoms with van der Waals surface area (Å²) in [4.78, 5) is 8.83. The van der Waals surface area contributed by atoms with E-state index in [9.17, 15) is 4.79 Å². The molecular weight excluding hydrogens is 337 g/mol. The van der Waals surface area contributed by atoms with Gasteiger partial charge >= 0.3 is 0 Å². The van der Waals surface area contributed by atoms with Crippen LogP contribution in [0.1, 0.15) is 13.3 Å². The summed E-state index contributed by atoms with van der Waals surface area (Å²) >= 11 is 37.0. The largest absolute Gasteiger partial charge is 0.300 e. The molecule has 0 heterocycles. The molecule has 2 bridgehead atoms.